The van der Waals surface area contributed by atoms with Crippen molar-refractivity contribution in [2.24, 2.45) is 0 Å². The molecule has 0 unspecified atom stereocenters. The molecular weight excluding hydrogens is 1330 g/mol. The smallest absolute Gasteiger partial charge is 0.220 e. The second-order valence-corrected chi connectivity index (χ2v) is 34.9. The van der Waals surface area contributed by atoms with Crippen molar-refractivity contribution >= 4 is 45.6 Å². The zero-order valence-corrected chi connectivity index (χ0v) is 71.0. The minimum absolute atomic E-state index is 0.0153. The summed E-state index contributed by atoms with van der Waals surface area (Å²) in [5.41, 5.74) is 43.6. The average Bonchev–Trinajstić information content (AvgIpc) is 0.796. The fraction of sp³-hybridized carbons (Fsp3) is 0.494. The Kier molecular flexibility index (Phi) is 30.1. The summed E-state index contributed by atoms with van der Waals surface area (Å²) >= 11 is 0. The predicted molar refractivity (Wildman–Crippen MR) is 446 cm³/mol. The van der Waals surface area contributed by atoms with E-state index < -0.39 is 0 Å². The lowest BCUT2D eigenvalue weighted by Crippen LogP contribution is -2.20. The molecule has 6 aromatic heterocycles. The van der Waals surface area contributed by atoms with Crippen molar-refractivity contribution in [1.29, 1.82) is 0 Å². The Morgan fingerprint density at radius 2 is 0.682 bits per heavy atom. The molecule has 0 spiro atoms. The van der Waals surface area contributed by atoms with Crippen molar-refractivity contribution in [2.45, 2.75) is 244 Å². The van der Waals surface area contributed by atoms with Crippen molar-refractivity contribution in [1.82, 2.24) is 69.6 Å². The Morgan fingerprint density at radius 1 is 0.355 bits per heavy atom. The molecule has 0 saturated carbocycles. The molecule has 4 aromatic carbocycles. The van der Waals surface area contributed by atoms with Crippen molar-refractivity contribution in [3.05, 3.63) is 199 Å². The minimum atomic E-state index is -0.0398. The van der Waals surface area contributed by atoms with Crippen molar-refractivity contribution in [3.63, 3.8) is 0 Å². The Labute approximate surface area is 641 Å². The molecule has 0 aliphatic rings. The van der Waals surface area contributed by atoms with Crippen molar-refractivity contribution in [2.75, 3.05) is 65.3 Å². The molecule has 578 valence electrons. The minimum Gasteiger partial charge on any atom is -0.497 e. The van der Waals surface area contributed by atoms with E-state index >= 15 is 0 Å². The van der Waals surface area contributed by atoms with Crippen LogP contribution in [0.4, 0.5) is 23.8 Å². The van der Waals surface area contributed by atoms with Crippen LogP contribution in [0, 0.1) is 41.5 Å². The van der Waals surface area contributed by atoms with Crippen LogP contribution < -0.4 is 32.4 Å². The molecule has 10 rings (SSSR count). The largest absolute Gasteiger partial charge is 0.497 e. The summed E-state index contributed by atoms with van der Waals surface area (Å²) in [6.07, 6.45) is 1.69. The second-order valence-electron chi connectivity index (χ2n) is 34.9. The number of anilines is 4. The maximum absolute atomic E-state index is 5.82. The highest BCUT2D eigenvalue weighted by Crippen LogP contribution is 2.35. The summed E-state index contributed by atoms with van der Waals surface area (Å²) in [5.74, 6) is 5.24. The van der Waals surface area contributed by atoms with Gasteiger partial charge in [0.2, 0.25) is 23.8 Å². The quantitative estimate of drug-likeness (QED) is 0.0936. The van der Waals surface area contributed by atoms with E-state index in [1.807, 2.05) is 98.4 Å². The highest BCUT2D eigenvalue weighted by atomic mass is 16.5. The van der Waals surface area contributed by atoms with E-state index in [1.54, 1.807) is 14.2 Å². The van der Waals surface area contributed by atoms with Crippen LogP contribution in [-0.2, 0) is 58.4 Å². The van der Waals surface area contributed by atoms with E-state index in [2.05, 4.69) is 260 Å². The lowest BCUT2D eigenvalue weighted by Gasteiger charge is -2.24. The standard InChI is InChI=1S/2C17H23N3.2C16H23N3O.C12H21N3.C9H15N3/c2*1-11-6-8-13(9-7-11)10-14-12(2)19-16(18)20-15(14)17(3,4)5;2*1-16(2,3)15-12-8-7-11(20-6)9-13(12)17-14(18-15)10-19(4)5;1-7(2)9-8(3)14-11(13)15-10(9)12(4,5)6;1-6-5-7(9(2,3)4)12-8(10)11-6/h2*6-9H,10H2,1-5H3,(H2,18,19,20);2*7-9H,10H2,1-6H3;7H,1-6H3,(H2,13,14,15);5H,1-4H3,(H2,10,11,12). The van der Waals surface area contributed by atoms with E-state index in [0.717, 1.165) is 128 Å². The van der Waals surface area contributed by atoms with E-state index in [9.17, 15) is 0 Å². The number of nitrogens with two attached hydrogens (primary N) is 4. The van der Waals surface area contributed by atoms with Crippen LogP contribution in [0.15, 0.2) is 91.0 Å². The number of nitrogen functional groups attached to an aromatic ring is 4. The fourth-order valence-corrected chi connectivity index (χ4v) is 12.0. The number of methoxy groups -OCH3 is 2. The zero-order chi connectivity index (χ0) is 80.8. The average molecular weight is 1460 g/mol. The molecule has 0 aliphatic heterocycles. The summed E-state index contributed by atoms with van der Waals surface area (Å²) in [5, 5.41) is 2.20. The van der Waals surface area contributed by atoms with Gasteiger partial charge in [0.25, 0.3) is 0 Å². The van der Waals surface area contributed by atoms with Gasteiger partial charge in [-0.3, -0.25) is 0 Å². The van der Waals surface area contributed by atoms with Crippen molar-refractivity contribution < 1.29 is 9.47 Å². The van der Waals surface area contributed by atoms with Gasteiger partial charge in [0, 0.05) is 91.0 Å². The highest BCUT2D eigenvalue weighted by Gasteiger charge is 2.28. The number of nitrogens with zero attached hydrogens (tertiary/aromatic N) is 14. The number of fused-ring (bicyclic) bond motifs is 2. The van der Waals surface area contributed by atoms with Gasteiger partial charge >= 0.3 is 0 Å². The zero-order valence-electron chi connectivity index (χ0n) is 71.0. The van der Waals surface area contributed by atoms with Gasteiger partial charge in [-0.1, -0.05) is 198 Å². The van der Waals surface area contributed by atoms with Gasteiger partial charge in [-0.15, -0.1) is 0 Å². The van der Waals surface area contributed by atoms with E-state index in [1.165, 1.54) is 38.9 Å². The first-order valence-corrected chi connectivity index (χ1v) is 36.9. The van der Waals surface area contributed by atoms with Crippen LogP contribution in [0.2, 0.25) is 0 Å². The monoisotopic (exact) mass is 1460 g/mol. The van der Waals surface area contributed by atoms with Gasteiger partial charge in [-0.05, 0) is 134 Å². The maximum atomic E-state index is 5.82. The molecule has 20 nitrogen and oxygen atoms in total. The molecule has 20 heteroatoms. The SMILES string of the molecule is COc1ccc2c(C(C)(C)C)nc(CN(C)C)nc2c1.COc1ccc2c(C(C)(C)C)nc(CN(C)C)nc2c1.Cc1cc(C(C)(C)C)nc(N)n1.Cc1ccc(Cc2c(C)nc(N)nc2C(C)(C)C)cc1.Cc1ccc(Cc2c(C)nc(N)nc2C(C)(C)C)cc1.Cc1nc(N)nc(C(C)(C)C)c1C(C)C. The van der Waals surface area contributed by atoms with Crippen LogP contribution in [0.25, 0.3) is 21.8 Å². The lowest BCUT2D eigenvalue weighted by atomic mass is 9.84. The molecule has 0 atom stereocenters. The van der Waals surface area contributed by atoms with Crippen LogP contribution >= 0.6 is 0 Å². The van der Waals surface area contributed by atoms with E-state index in [-0.39, 0.29) is 32.5 Å². The fourth-order valence-electron chi connectivity index (χ4n) is 12.0. The molecular formula is C87H128N18O2. The van der Waals surface area contributed by atoms with Crippen molar-refractivity contribution in [3.8, 4) is 11.5 Å². The molecule has 0 aliphatic carbocycles. The van der Waals surface area contributed by atoms with Crippen LogP contribution in [0.5, 0.6) is 11.5 Å². The van der Waals surface area contributed by atoms with Crippen LogP contribution in [0.1, 0.15) is 252 Å². The third-order valence-electron chi connectivity index (χ3n) is 17.2. The Balaban J connectivity index is 0.000000232. The summed E-state index contributed by atoms with van der Waals surface area (Å²) in [4.78, 5) is 57.5. The Bertz CT molecular complexity index is 4340. The number of hydrogen-bond donors (Lipinski definition) is 4. The molecule has 0 saturated heterocycles. The number of aromatic nitrogens is 12. The molecule has 0 amide bonds. The first-order chi connectivity index (χ1) is 49.3. The lowest BCUT2D eigenvalue weighted by molar-refractivity contribution is 0.388. The number of hydrogen-bond acceptors (Lipinski definition) is 20. The molecule has 10 aromatic rings. The molecule has 0 fully saturated rings. The molecule has 0 bridgehead atoms. The summed E-state index contributed by atoms with van der Waals surface area (Å²) in [6, 6.07) is 31.2. The van der Waals surface area contributed by atoms with Gasteiger partial charge < -0.3 is 42.2 Å². The maximum Gasteiger partial charge on any atom is 0.220 e. The van der Waals surface area contributed by atoms with Gasteiger partial charge in [0.1, 0.15) is 23.1 Å². The summed E-state index contributed by atoms with van der Waals surface area (Å²) < 4.78 is 10.6. The van der Waals surface area contributed by atoms with Gasteiger partial charge in [-0.2, -0.15) is 0 Å². The Morgan fingerprint density at radius 3 is 0.981 bits per heavy atom. The first kappa shape index (κ1) is 88.2. The molecule has 8 N–H and O–H groups in total. The second kappa shape index (κ2) is 36.5. The number of ether oxygens (including phenoxy) is 2. The number of aryl methyl sites for hydroxylation is 6. The van der Waals surface area contributed by atoms with E-state index in [0.29, 0.717) is 29.7 Å². The first-order valence-electron chi connectivity index (χ1n) is 36.9. The predicted octanol–water partition coefficient (Wildman–Crippen LogP) is 17.6. The van der Waals surface area contributed by atoms with Crippen LogP contribution in [0.3, 0.4) is 0 Å². The molecule has 6 heterocycles. The van der Waals surface area contributed by atoms with E-state index in [4.69, 9.17) is 42.4 Å². The third-order valence-corrected chi connectivity index (χ3v) is 17.2. The highest BCUT2D eigenvalue weighted by molar-refractivity contribution is 5.84. The molecule has 0 radical (unpaired) electrons. The van der Waals surface area contributed by atoms with Crippen LogP contribution in [-0.4, -0.2) is 112 Å². The normalized spacial score (nSPS) is 11.9. The number of benzene rings is 4. The van der Waals surface area contributed by atoms with Gasteiger partial charge in [-0.25, -0.2) is 59.8 Å². The topological polar surface area (TPSA) is 284 Å². The van der Waals surface area contributed by atoms with Gasteiger partial charge in [0.05, 0.1) is 72.5 Å². The Hall–Kier alpha value is -9.40. The van der Waals surface area contributed by atoms with Gasteiger partial charge in [0.15, 0.2) is 0 Å². The summed E-state index contributed by atoms with van der Waals surface area (Å²) in [6.45, 7) is 56.7. The third kappa shape index (κ3) is 26.5. The molecule has 107 heavy (non-hydrogen) atoms. The summed E-state index contributed by atoms with van der Waals surface area (Å²) in [7, 11) is 11.4. The number of rotatable bonds is 11.